The summed E-state index contributed by atoms with van der Waals surface area (Å²) in [6.45, 7) is 12.0. The molecular weight excluding hydrogens is 372 g/mol. The van der Waals surface area contributed by atoms with Crippen molar-refractivity contribution >= 4 is 0 Å². The van der Waals surface area contributed by atoms with E-state index in [1.165, 1.54) is 44.1 Å². The first-order chi connectivity index (χ1) is 14.1. The zero-order valence-corrected chi connectivity index (χ0v) is 20.2. The van der Waals surface area contributed by atoms with Gasteiger partial charge in [-0.25, -0.2) is 0 Å². The van der Waals surface area contributed by atoms with Crippen molar-refractivity contribution in [3.05, 3.63) is 11.6 Å². The largest absolute Gasteiger partial charge is 0.393 e. The van der Waals surface area contributed by atoms with Crippen LogP contribution in [-0.4, -0.2) is 34.1 Å². The van der Waals surface area contributed by atoms with Crippen molar-refractivity contribution in [3.63, 3.8) is 0 Å². The van der Waals surface area contributed by atoms with E-state index in [1.54, 1.807) is 0 Å². The van der Waals surface area contributed by atoms with E-state index < -0.39 is 6.10 Å². The number of hydrogen-bond acceptors (Lipinski definition) is 3. The molecule has 3 heteroatoms. The summed E-state index contributed by atoms with van der Waals surface area (Å²) in [5, 5.41) is 30.9. The van der Waals surface area contributed by atoms with Crippen molar-refractivity contribution in [1.29, 1.82) is 0 Å². The first-order valence-corrected chi connectivity index (χ1v) is 12.8. The van der Waals surface area contributed by atoms with Gasteiger partial charge >= 0.3 is 0 Å². The van der Waals surface area contributed by atoms with Crippen LogP contribution in [0.4, 0.5) is 0 Å². The number of rotatable bonds is 7. The lowest BCUT2D eigenvalue weighted by Gasteiger charge is -2.54. The minimum absolute atomic E-state index is 0.0990. The summed E-state index contributed by atoms with van der Waals surface area (Å²) in [6, 6.07) is 0. The first kappa shape index (κ1) is 24.3. The number of fused-ring (bicyclic) bond motifs is 1. The van der Waals surface area contributed by atoms with Crippen LogP contribution in [-0.2, 0) is 0 Å². The van der Waals surface area contributed by atoms with E-state index >= 15 is 0 Å². The maximum atomic E-state index is 11.0. The molecule has 8 atom stereocenters. The van der Waals surface area contributed by atoms with E-state index in [0.29, 0.717) is 23.7 Å². The molecule has 0 spiro atoms. The lowest BCUT2D eigenvalue weighted by molar-refractivity contribution is -0.0856. The van der Waals surface area contributed by atoms with Gasteiger partial charge < -0.3 is 15.3 Å². The van der Waals surface area contributed by atoms with Crippen LogP contribution in [0.3, 0.4) is 0 Å². The van der Waals surface area contributed by atoms with Gasteiger partial charge in [0.15, 0.2) is 0 Å². The van der Waals surface area contributed by atoms with Crippen molar-refractivity contribution in [2.24, 2.45) is 40.4 Å². The molecule has 174 valence electrons. The topological polar surface area (TPSA) is 60.7 Å². The van der Waals surface area contributed by atoms with Crippen LogP contribution in [0.2, 0.25) is 0 Å². The number of hydrogen-bond donors (Lipinski definition) is 3. The Kier molecular flexibility index (Phi) is 7.79. The fourth-order valence-corrected chi connectivity index (χ4v) is 7.82. The second-order valence-electron chi connectivity index (χ2n) is 12.0. The summed E-state index contributed by atoms with van der Waals surface area (Å²) in [4.78, 5) is 0. The molecule has 3 aliphatic rings. The molecule has 0 radical (unpaired) electrons. The first-order valence-electron chi connectivity index (χ1n) is 12.8. The molecule has 30 heavy (non-hydrogen) atoms. The second-order valence-corrected chi connectivity index (χ2v) is 12.0. The number of aliphatic hydroxyl groups excluding tert-OH is 3. The molecule has 3 N–H and O–H groups in total. The molecule has 0 aromatic rings. The van der Waals surface area contributed by atoms with Crippen LogP contribution in [0.1, 0.15) is 98.8 Å². The minimum atomic E-state index is -0.454. The third kappa shape index (κ3) is 4.55. The molecule has 3 nitrogen and oxygen atoms in total. The molecule has 3 rings (SSSR count). The van der Waals surface area contributed by atoms with Crippen LogP contribution in [0.15, 0.2) is 11.6 Å². The molecule has 3 aliphatic carbocycles. The smallest absolute Gasteiger partial charge is 0.0624 e. The van der Waals surface area contributed by atoms with Gasteiger partial charge in [-0.05, 0) is 80.0 Å². The number of aliphatic hydroxyl groups is 3. The van der Waals surface area contributed by atoms with E-state index in [4.69, 9.17) is 0 Å². The third-order valence-corrected chi connectivity index (χ3v) is 9.71. The van der Waals surface area contributed by atoms with Crippen LogP contribution in [0.25, 0.3) is 0 Å². The Morgan fingerprint density at radius 1 is 0.933 bits per heavy atom. The molecule has 0 aromatic carbocycles. The van der Waals surface area contributed by atoms with E-state index in [0.717, 1.165) is 37.0 Å². The van der Waals surface area contributed by atoms with E-state index in [9.17, 15) is 15.3 Å². The maximum Gasteiger partial charge on any atom is 0.0624 e. The van der Waals surface area contributed by atoms with Gasteiger partial charge in [0.1, 0.15) is 0 Å². The quantitative estimate of drug-likeness (QED) is 0.461. The summed E-state index contributed by atoms with van der Waals surface area (Å²) in [7, 11) is 0. The highest BCUT2D eigenvalue weighted by molar-refractivity contribution is 5.25. The Labute approximate surface area is 185 Å². The van der Waals surface area contributed by atoms with Crippen molar-refractivity contribution in [2.75, 3.05) is 6.61 Å². The van der Waals surface area contributed by atoms with Crippen molar-refractivity contribution in [2.45, 2.75) is 111 Å². The SMILES string of the molecule is CC(C)CCCC(C)C1CCC2C(=CCO)C(C3(C)CCC(O)CC3O)CCC21C. The zero-order chi connectivity index (χ0) is 22.1. The number of allylic oxidation sites excluding steroid dienone is 1. The lowest BCUT2D eigenvalue weighted by Crippen LogP contribution is -2.50. The van der Waals surface area contributed by atoms with Gasteiger partial charge in [0.25, 0.3) is 0 Å². The van der Waals surface area contributed by atoms with Crippen LogP contribution >= 0.6 is 0 Å². The standard InChI is InChI=1S/C27H48O3/c1-18(2)7-6-8-19(3)22-9-10-23-21(13-16-28)24(12-15-26(22,23)4)27(5)14-11-20(29)17-25(27)30/h13,18-20,22-25,28-30H,6-12,14-17H2,1-5H3. The fourth-order valence-electron chi connectivity index (χ4n) is 7.82. The van der Waals surface area contributed by atoms with Crippen molar-refractivity contribution in [3.8, 4) is 0 Å². The molecule has 8 unspecified atom stereocenters. The molecule has 3 saturated carbocycles. The molecule has 0 aliphatic heterocycles. The third-order valence-electron chi connectivity index (χ3n) is 9.71. The van der Waals surface area contributed by atoms with Gasteiger partial charge in [-0.3, -0.25) is 0 Å². The van der Waals surface area contributed by atoms with Crippen molar-refractivity contribution in [1.82, 2.24) is 0 Å². The van der Waals surface area contributed by atoms with Crippen molar-refractivity contribution < 1.29 is 15.3 Å². The predicted octanol–water partition coefficient (Wildman–Crippen LogP) is 5.72. The predicted molar refractivity (Wildman–Crippen MR) is 124 cm³/mol. The summed E-state index contributed by atoms with van der Waals surface area (Å²) in [5.41, 5.74) is 1.58. The zero-order valence-electron chi connectivity index (χ0n) is 20.2. The maximum absolute atomic E-state index is 11.0. The fraction of sp³-hybridized carbons (Fsp3) is 0.926. The monoisotopic (exact) mass is 420 g/mol. The van der Waals surface area contributed by atoms with Crippen LogP contribution in [0.5, 0.6) is 0 Å². The summed E-state index contributed by atoms with van der Waals surface area (Å²) in [6.07, 6.45) is 12.3. The summed E-state index contributed by atoms with van der Waals surface area (Å²) >= 11 is 0. The average molecular weight is 421 g/mol. The van der Waals surface area contributed by atoms with Gasteiger partial charge in [0, 0.05) is 5.41 Å². The van der Waals surface area contributed by atoms with Gasteiger partial charge in [0.05, 0.1) is 18.8 Å². The van der Waals surface area contributed by atoms with E-state index in [1.807, 2.05) is 0 Å². The van der Waals surface area contributed by atoms with Crippen LogP contribution < -0.4 is 0 Å². The summed E-state index contributed by atoms with van der Waals surface area (Å²) < 4.78 is 0. The molecule has 0 amide bonds. The Balaban J connectivity index is 1.79. The lowest BCUT2D eigenvalue weighted by atomic mass is 9.51. The van der Waals surface area contributed by atoms with Gasteiger partial charge in [0.2, 0.25) is 0 Å². The van der Waals surface area contributed by atoms with Crippen LogP contribution in [0, 0.1) is 40.4 Å². The molecule has 0 saturated heterocycles. The van der Waals surface area contributed by atoms with Gasteiger partial charge in [-0.2, -0.15) is 0 Å². The normalized spacial score (nSPS) is 44.4. The highest BCUT2D eigenvalue weighted by Crippen LogP contribution is 2.64. The van der Waals surface area contributed by atoms with E-state index in [-0.39, 0.29) is 18.1 Å². The molecule has 3 fully saturated rings. The molecule has 0 heterocycles. The highest BCUT2D eigenvalue weighted by Gasteiger charge is 2.56. The highest BCUT2D eigenvalue weighted by atomic mass is 16.3. The minimum Gasteiger partial charge on any atom is -0.393 e. The Hall–Kier alpha value is -0.380. The molecule has 0 aromatic heterocycles. The second kappa shape index (κ2) is 9.63. The Morgan fingerprint density at radius 3 is 2.23 bits per heavy atom. The van der Waals surface area contributed by atoms with Gasteiger partial charge in [-0.15, -0.1) is 0 Å². The molecule has 0 bridgehead atoms. The van der Waals surface area contributed by atoms with Gasteiger partial charge in [-0.1, -0.05) is 65.5 Å². The average Bonchev–Trinajstić information content (AvgIpc) is 3.02. The van der Waals surface area contributed by atoms with E-state index in [2.05, 4.69) is 40.7 Å². The Bertz CT molecular complexity index is 599. The Morgan fingerprint density at radius 2 is 1.60 bits per heavy atom. The molecular formula is C27H48O3. The summed E-state index contributed by atoms with van der Waals surface area (Å²) in [5.74, 6) is 3.19.